The summed E-state index contributed by atoms with van der Waals surface area (Å²) in [6.07, 6.45) is 6.02. The van der Waals surface area contributed by atoms with Crippen LogP contribution < -0.4 is 14.5 Å². The molecule has 0 radical (unpaired) electrons. The van der Waals surface area contributed by atoms with E-state index in [1.807, 2.05) is 17.8 Å². The maximum atomic E-state index is 12.4. The van der Waals surface area contributed by atoms with Crippen LogP contribution in [0.1, 0.15) is 36.9 Å². The molecule has 1 N–H and O–H groups in total. The molecular weight excluding hydrogens is 480 g/mol. The number of amides is 1. The quantitative estimate of drug-likeness (QED) is 0.569. The lowest BCUT2D eigenvalue weighted by molar-refractivity contribution is -0.128. The average molecular weight is 515 g/mol. The number of fused-ring (bicyclic) bond motifs is 3. The highest BCUT2D eigenvalue weighted by atomic mass is 32.2. The molecule has 4 heterocycles. The molecule has 10 heteroatoms. The third-order valence-corrected chi connectivity index (χ3v) is 9.44. The number of anilines is 3. The standard InChI is InChI=1S/C25H34N6O2S2/c1-29(2)21(32)9-6-13-26-23-22-19(10-16-34-22)27-24(28-23)30-14-11-25(12-15-30)17-31(35(3)33)20-8-5-4-7-18(20)25/h4-5,7-8H,6,9-17H2,1-3H3,(H,26,27,28). The van der Waals surface area contributed by atoms with Gasteiger partial charge < -0.3 is 15.1 Å². The second-order valence-electron chi connectivity index (χ2n) is 9.81. The molecule has 0 aliphatic carbocycles. The number of nitrogens with one attached hydrogen (secondary N) is 1. The average Bonchev–Trinajstić information content (AvgIpc) is 3.45. The molecule has 3 aliphatic rings. The Bertz CT molecular complexity index is 1130. The molecule has 5 rings (SSSR count). The summed E-state index contributed by atoms with van der Waals surface area (Å²) in [6.45, 7) is 3.28. The predicted octanol–water partition coefficient (Wildman–Crippen LogP) is 3.06. The monoisotopic (exact) mass is 514 g/mol. The van der Waals surface area contributed by atoms with Crippen LogP contribution in [0.3, 0.4) is 0 Å². The van der Waals surface area contributed by atoms with Gasteiger partial charge in [-0.15, -0.1) is 11.8 Å². The summed E-state index contributed by atoms with van der Waals surface area (Å²) in [5.41, 5.74) is 3.61. The van der Waals surface area contributed by atoms with E-state index < -0.39 is 11.0 Å². The molecule has 1 amide bonds. The number of carbonyl (C=O) groups is 1. The number of benzene rings is 1. The molecule has 1 spiro atoms. The molecule has 1 aromatic heterocycles. The third kappa shape index (κ3) is 4.74. The van der Waals surface area contributed by atoms with Crippen LogP contribution in [-0.2, 0) is 27.6 Å². The summed E-state index contributed by atoms with van der Waals surface area (Å²) in [7, 11) is 2.56. The second kappa shape index (κ2) is 9.97. The van der Waals surface area contributed by atoms with Crippen LogP contribution in [0.5, 0.6) is 0 Å². The fraction of sp³-hybridized carbons (Fsp3) is 0.560. The van der Waals surface area contributed by atoms with Crippen LogP contribution in [0.2, 0.25) is 0 Å². The SMILES string of the molecule is CN(C)C(=O)CCCNc1nc(N2CCC3(CC2)CN(S(C)=O)c2ccccc23)nc2c1SCC2. The van der Waals surface area contributed by atoms with Crippen molar-refractivity contribution in [3.8, 4) is 0 Å². The van der Waals surface area contributed by atoms with Crippen LogP contribution in [0.4, 0.5) is 17.5 Å². The number of carbonyl (C=O) groups excluding carboxylic acids is 1. The molecule has 2 aromatic rings. The van der Waals surface area contributed by atoms with E-state index in [0.717, 1.165) is 79.1 Å². The molecule has 1 unspecified atom stereocenters. The Kier molecular flexibility index (Phi) is 6.94. The molecule has 0 saturated carbocycles. The Morgan fingerprint density at radius 3 is 2.74 bits per heavy atom. The summed E-state index contributed by atoms with van der Waals surface area (Å²) >= 11 is 1.81. The van der Waals surface area contributed by atoms with Crippen molar-refractivity contribution in [2.75, 3.05) is 66.8 Å². The first-order valence-electron chi connectivity index (χ1n) is 12.3. The number of aromatic nitrogens is 2. The lowest BCUT2D eigenvalue weighted by Crippen LogP contribution is -2.46. The maximum absolute atomic E-state index is 12.4. The molecule has 1 aromatic carbocycles. The van der Waals surface area contributed by atoms with Gasteiger partial charge in [-0.3, -0.25) is 9.10 Å². The zero-order valence-electron chi connectivity index (χ0n) is 20.7. The molecule has 1 fully saturated rings. The molecule has 3 aliphatic heterocycles. The number of thioether (sulfide) groups is 1. The normalized spacial score (nSPS) is 18.9. The highest BCUT2D eigenvalue weighted by Crippen LogP contribution is 2.48. The Morgan fingerprint density at radius 2 is 2.00 bits per heavy atom. The second-order valence-corrected chi connectivity index (χ2v) is 12.2. The Labute approximate surface area is 214 Å². The number of piperidine rings is 1. The summed E-state index contributed by atoms with van der Waals surface area (Å²) in [5, 5.41) is 3.49. The molecule has 188 valence electrons. The van der Waals surface area contributed by atoms with Gasteiger partial charge in [0, 0.05) is 70.5 Å². The molecular formula is C25H34N6O2S2. The Hall–Kier alpha value is -2.33. The minimum Gasteiger partial charge on any atom is -0.369 e. The van der Waals surface area contributed by atoms with Crippen LogP contribution in [0.25, 0.3) is 0 Å². The van der Waals surface area contributed by atoms with Crippen LogP contribution in [0.15, 0.2) is 29.2 Å². The molecule has 1 atom stereocenters. The van der Waals surface area contributed by atoms with E-state index in [9.17, 15) is 9.00 Å². The first-order valence-corrected chi connectivity index (χ1v) is 14.8. The Morgan fingerprint density at radius 1 is 1.23 bits per heavy atom. The number of nitrogens with zero attached hydrogens (tertiary/aromatic N) is 5. The van der Waals surface area contributed by atoms with Gasteiger partial charge in [-0.05, 0) is 30.9 Å². The smallest absolute Gasteiger partial charge is 0.227 e. The van der Waals surface area contributed by atoms with Gasteiger partial charge in [-0.2, -0.15) is 4.98 Å². The van der Waals surface area contributed by atoms with Crippen LogP contribution in [0, 0.1) is 0 Å². The highest BCUT2D eigenvalue weighted by Gasteiger charge is 2.46. The molecule has 8 nitrogen and oxygen atoms in total. The van der Waals surface area contributed by atoms with E-state index in [-0.39, 0.29) is 11.3 Å². The number of hydrogen-bond acceptors (Lipinski definition) is 7. The van der Waals surface area contributed by atoms with Gasteiger partial charge in [0.25, 0.3) is 0 Å². The van der Waals surface area contributed by atoms with Gasteiger partial charge in [0.15, 0.2) is 0 Å². The fourth-order valence-corrected chi connectivity index (χ4v) is 7.30. The summed E-state index contributed by atoms with van der Waals surface area (Å²) in [5.74, 6) is 2.89. The van der Waals surface area contributed by atoms with Gasteiger partial charge in [0.1, 0.15) is 16.8 Å². The van der Waals surface area contributed by atoms with Crippen LogP contribution in [-0.4, -0.2) is 77.3 Å². The molecule has 1 saturated heterocycles. The van der Waals surface area contributed by atoms with E-state index >= 15 is 0 Å². The van der Waals surface area contributed by atoms with Gasteiger partial charge in [0.05, 0.1) is 16.3 Å². The first kappa shape index (κ1) is 24.4. The Balaban J connectivity index is 1.29. The fourth-order valence-electron chi connectivity index (χ4n) is 5.36. The number of aryl methyl sites for hydroxylation is 1. The van der Waals surface area contributed by atoms with Crippen molar-refractivity contribution in [3.05, 3.63) is 35.5 Å². The van der Waals surface area contributed by atoms with E-state index in [1.165, 1.54) is 5.56 Å². The predicted molar refractivity (Wildman–Crippen MR) is 144 cm³/mol. The zero-order chi connectivity index (χ0) is 24.6. The lowest BCUT2D eigenvalue weighted by Gasteiger charge is -2.40. The third-order valence-electron chi connectivity index (χ3n) is 7.37. The highest BCUT2D eigenvalue weighted by molar-refractivity contribution is 7.99. The minimum atomic E-state index is -1.03. The van der Waals surface area contributed by atoms with Crippen LogP contribution >= 0.6 is 11.8 Å². The minimum absolute atomic E-state index is 0.0331. The van der Waals surface area contributed by atoms with Crippen molar-refractivity contribution in [2.24, 2.45) is 0 Å². The number of hydrogen-bond donors (Lipinski definition) is 1. The summed E-state index contributed by atoms with van der Waals surface area (Å²) in [6, 6.07) is 8.45. The van der Waals surface area contributed by atoms with Gasteiger partial charge >= 0.3 is 0 Å². The van der Waals surface area contributed by atoms with Crippen molar-refractivity contribution in [3.63, 3.8) is 0 Å². The number of para-hydroxylation sites is 1. The van der Waals surface area contributed by atoms with E-state index in [2.05, 4.69) is 32.7 Å². The van der Waals surface area contributed by atoms with Crippen molar-refractivity contribution in [1.82, 2.24) is 14.9 Å². The van der Waals surface area contributed by atoms with Crippen molar-refractivity contribution >= 4 is 46.1 Å². The largest absolute Gasteiger partial charge is 0.369 e. The van der Waals surface area contributed by atoms with Gasteiger partial charge in [-0.25, -0.2) is 9.19 Å². The molecule has 35 heavy (non-hydrogen) atoms. The van der Waals surface area contributed by atoms with Gasteiger partial charge in [0.2, 0.25) is 11.9 Å². The summed E-state index contributed by atoms with van der Waals surface area (Å²) in [4.78, 5) is 26.9. The number of rotatable bonds is 7. The topological polar surface area (TPSA) is 81.7 Å². The van der Waals surface area contributed by atoms with Gasteiger partial charge in [-0.1, -0.05) is 18.2 Å². The summed E-state index contributed by atoms with van der Waals surface area (Å²) < 4.78 is 14.5. The lowest BCUT2D eigenvalue weighted by atomic mass is 9.74. The maximum Gasteiger partial charge on any atom is 0.227 e. The zero-order valence-corrected chi connectivity index (χ0v) is 22.4. The van der Waals surface area contributed by atoms with E-state index in [4.69, 9.17) is 9.97 Å². The van der Waals surface area contributed by atoms with Crippen molar-refractivity contribution in [2.45, 2.75) is 42.4 Å². The van der Waals surface area contributed by atoms with Crippen molar-refractivity contribution < 1.29 is 9.00 Å². The van der Waals surface area contributed by atoms with E-state index in [0.29, 0.717) is 13.0 Å². The van der Waals surface area contributed by atoms with E-state index in [1.54, 1.807) is 25.3 Å². The first-order chi connectivity index (χ1) is 16.9. The van der Waals surface area contributed by atoms with Crippen molar-refractivity contribution in [1.29, 1.82) is 0 Å². The molecule has 0 bridgehead atoms.